The van der Waals surface area contributed by atoms with Gasteiger partial charge in [-0.2, -0.15) is 9.30 Å². The van der Waals surface area contributed by atoms with E-state index in [1.165, 1.54) is 15.6 Å². The van der Waals surface area contributed by atoms with Gasteiger partial charge in [-0.15, -0.1) is 11.8 Å². The fourth-order valence-electron chi connectivity index (χ4n) is 3.99. The number of aromatic nitrogens is 1. The number of hydrogen-bond acceptors (Lipinski definition) is 5. The van der Waals surface area contributed by atoms with Gasteiger partial charge in [0.05, 0.1) is 15.1 Å². The Morgan fingerprint density at radius 2 is 1.97 bits per heavy atom. The molecule has 9 heteroatoms. The molecule has 1 amide bonds. The molecular weight excluding hydrogens is 462 g/mol. The first kappa shape index (κ1) is 23.2. The molecule has 0 spiro atoms. The summed E-state index contributed by atoms with van der Waals surface area (Å²) in [4.78, 5) is 19.7. The van der Waals surface area contributed by atoms with E-state index < -0.39 is 16.1 Å². The Bertz CT molecular complexity index is 1310. The number of aryl methyl sites for hydroxylation is 2. The second-order valence-corrected chi connectivity index (χ2v) is 11.7. The van der Waals surface area contributed by atoms with E-state index in [0.29, 0.717) is 24.2 Å². The van der Waals surface area contributed by atoms with E-state index in [2.05, 4.69) is 34.7 Å². The van der Waals surface area contributed by atoms with Crippen LogP contribution in [0.1, 0.15) is 31.7 Å². The minimum atomic E-state index is -3.75. The predicted octanol–water partition coefficient (Wildman–Crippen LogP) is 4.42. The summed E-state index contributed by atoms with van der Waals surface area (Å²) >= 11 is 3.16. The maximum Gasteiger partial charge on any atom is 0.266 e. The van der Waals surface area contributed by atoms with Crippen LogP contribution in [0.15, 0.2) is 57.2 Å². The van der Waals surface area contributed by atoms with E-state index in [-0.39, 0.29) is 10.8 Å². The van der Waals surface area contributed by atoms with Crippen LogP contribution in [0.3, 0.4) is 0 Å². The molecule has 0 saturated carbocycles. The zero-order valence-corrected chi connectivity index (χ0v) is 20.9. The minimum absolute atomic E-state index is 0.218. The smallest absolute Gasteiger partial charge is 0.266 e. The van der Waals surface area contributed by atoms with E-state index >= 15 is 0 Å². The number of amides is 1. The fourth-order valence-corrected chi connectivity index (χ4v) is 7.26. The fraction of sp³-hybridized carbons (Fsp3) is 0.391. The summed E-state index contributed by atoms with van der Waals surface area (Å²) in [7, 11) is -3.75. The molecule has 0 N–H and O–H groups in total. The largest absolute Gasteiger partial charge is 0.316 e. The lowest BCUT2D eigenvalue weighted by Crippen LogP contribution is -2.40. The van der Waals surface area contributed by atoms with E-state index in [1.807, 2.05) is 13.2 Å². The number of carbonyl (C=O) groups excluding carboxylic acids is 1. The van der Waals surface area contributed by atoms with E-state index in [4.69, 9.17) is 0 Å². The minimum Gasteiger partial charge on any atom is -0.316 e. The van der Waals surface area contributed by atoms with Crippen LogP contribution >= 0.6 is 23.1 Å². The van der Waals surface area contributed by atoms with Gasteiger partial charge < -0.3 is 4.57 Å². The Hall–Kier alpha value is -1.94. The molecule has 32 heavy (non-hydrogen) atoms. The van der Waals surface area contributed by atoms with E-state index in [1.54, 1.807) is 36.0 Å². The first-order chi connectivity index (χ1) is 15.3. The lowest BCUT2D eigenvalue weighted by molar-refractivity contribution is -0.121. The Morgan fingerprint density at radius 1 is 1.22 bits per heavy atom. The van der Waals surface area contributed by atoms with E-state index in [9.17, 15) is 13.2 Å². The van der Waals surface area contributed by atoms with Crippen LogP contribution in [-0.4, -0.2) is 42.0 Å². The van der Waals surface area contributed by atoms with Gasteiger partial charge in [0.15, 0.2) is 4.80 Å². The Balaban J connectivity index is 1.71. The first-order valence-corrected chi connectivity index (χ1v) is 14.2. The molecule has 2 aromatic carbocycles. The summed E-state index contributed by atoms with van der Waals surface area (Å²) < 4.78 is 30.9. The lowest BCUT2D eigenvalue weighted by Gasteiger charge is -2.21. The number of benzene rings is 2. The van der Waals surface area contributed by atoms with Crippen molar-refractivity contribution in [2.75, 3.05) is 12.8 Å². The summed E-state index contributed by atoms with van der Waals surface area (Å²) in [5, 5.41) is 0. The van der Waals surface area contributed by atoms with Crippen LogP contribution < -0.4 is 4.80 Å². The summed E-state index contributed by atoms with van der Waals surface area (Å²) in [6.07, 6.45) is 4.08. The van der Waals surface area contributed by atoms with Gasteiger partial charge in [-0.1, -0.05) is 36.0 Å². The molecule has 3 aromatic rings. The SMILES string of the molecule is CCCn1c(=NC(=O)C2CCCN2S(=O)(=O)c2ccc(C)cc2)sc2cc(SC)ccc21. The molecule has 1 saturated heterocycles. The molecule has 1 aliphatic rings. The van der Waals surface area contributed by atoms with Crippen molar-refractivity contribution in [3.05, 3.63) is 52.8 Å². The number of nitrogens with zero attached hydrogens (tertiary/aromatic N) is 3. The van der Waals surface area contributed by atoms with Gasteiger partial charge in [0, 0.05) is 18.0 Å². The molecule has 1 aliphatic heterocycles. The highest BCUT2D eigenvalue weighted by Crippen LogP contribution is 2.28. The van der Waals surface area contributed by atoms with Crippen molar-refractivity contribution in [1.29, 1.82) is 0 Å². The zero-order valence-electron chi connectivity index (χ0n) is 18.4. The maximum absolute atomic E-state index is 13.2. The summed E-state index contributed by atoms with van der Waals surface area (Å²) in [5.41, 5.74) is 2.04. The highest BCUT2D eigenvalue weighted by atomic mass is 32.2. The van der Waals surface area contributed by atoms with Gasteiger partial charge in [0.25, 0.3) is 5.91 Å². The molecule has 170 valence electrons. The van der Waals surface area contributed by atoms with Crippen LogP contribution in [0.4, 0.5) is 0 Å². The number of fused-ring (bicyclic) bond motifs is 1. The summed E-state index contributed by atoms with van der Waals surface area (Å²) in [6, 6.07) is 12.3. The zero-order chi connectivity index (χ0) is 22.9. The second-order valence-electron chi connectivity index (χ2n) is 7.91. The molecule has 2 heterocycles. The third kappa shape index (κ3) is 4.44. The Morgan fingerprint density at radius 3 is 2.66 bits per heavy atom. The van der Waals surface area contributed by atoms with Crippen molar-refractivity contribution in [2.45, 2.75) is 55.5 Å². The topological polar surface area (TPSA) is 71.7 Å². The van der Waals surface area contributed by atoms with Crippen LogP contribution in [0.5, 0.6) is 0 Å². The number of rotatable bonds is 6. The predicted molar refractivity (Wildman–Crippen MR) is 131 cm³/mol. The third-order valence-electron chi connectivity index (χ3n) is 5.66. The summed E-state index contributed by atoms with van der Waals surface area (Å²) in [5.74, 6) is -0.389. The average Bonchev–Trinajstić information content (AvgIpc) is 3.40. The third-order valence-corrected chi connectivity index (χ3v) is 9.35. The molecule has 1 fully saturated rings. The van der Waals surface area contributed by atoms with Crippen molar-refractivity contribution in [1.82, 2.24) is 8.87 Å². The molecule has 1 atom stereocenters. The molecule has 1 aromatic heterocycles. The van der Waals surface area contributed by atoms with Crippen LogP contribution in [-0.2, 0) is 21.4 Å². The van der Waals surface area contributed by atoms with Crippen molar-refractivity contribution < 1.29 is 13.2 Å². The van der Waals surface area contributed by atoms with Crippen LogP contribution in [0.25, 0.3) is 10.2 Å². The highest BCUT2D eigenvalue weighted by Gasteiger charge is 2.39. The second kappa shape index (κ2) is 9.51. The summed E-state index contributed by atoms with van der Waals surface area (Å²) in [6.45, 7) is 5.09. The monoisotopic (exact) mass is 489 g/mol. The van der Waals surface area contributed by atoms with Crippen molar-refractivity contribution in [3.8, 4) is 0 Å². The number of thioether (sulfide) groups is 1. The van der Waals surface area contributed by atoms with Gasteiger partial charge in [-0.05, 0) is 62.8 Å². The van der Waals surface area contributed by atoms with Crippen LogP contribution in [0.2, 0.25) is 0 Å². The molecule has 0 bridgehead atoms. The molecular formula is C23H27N3O3S3. The lowest BCUT2D eigenvalue weighted by atomic mass is 10.2. The number of hydrogen-bond donors (Lipinski definition) is 0. The van der Waals surface area contributed by atoms with Crippen LogP contribution in [0, 0.1) is 6.92 Å². The first-order valence-electron chi connectivity index (χ1n) is 10.7. The molecule has 6 nitrogen and oxygen atoms in total. The Labute approximate surface area is 197 Å². The van der Waals surface area contributed by atoms with Crippen molar-refractivity contribution >= 4 is 49.2 Å². The normalized spacial score (nSPS) is 18.0. The van der Waals surface area contributed by atoms with Gasteiger partial charge in [-0.3, -0.25) is 4.79 Å². The van der Waals surface area contributed by atoms with E-state index in [0.717, 1.165) is 33.6 Å². The maximum atomic E-state index is 13.2. The molecule has 0 radical (unpaired) electrons. The van der Waals surface area contributed by atoms with Gasteiger partial charge >= 0.3 is 0 Å². The van der Waals surface area contributed by atoms with Crippen molar-refractivity contribution in [3.63, 3.8) is 0 Å². The van der Waals surface area contributed by atoms with Gasteiger partial charge in [0.2, 0.25) is 10.0 Å². The number of carbonyl (C=O) groups is 1. The number of sulfonamides is 1. The average molecular weight is 490 g/mol. The molecule has 4 rings (SSSR count). The van der Waals surface area contributed by atoms with Gasteiger partial charge in [-0.25, -0.2) is 8.42 Å². The quantitative estimate of drug-likeness (QED) is 0.481. The standard InChI is InChI=1S/C23H27N3O3S3/c1-4-13-25-19-12-9-17(30-3)15-21(19)31-23(25)24-22(27)20-6-5-14-26(20)32(28,29)18-10-7-16(2)8-11-18/h7-12,15,20H,4-6,13-14H2,1-3H3. The number of thiazole rings is 1. The van der Waals surface area contributed by atoms with Crippen molar-refractivity contribution in [2.24, 2.45) is 4.99 Å². The van der Waals surface area contributed by atoms with Gasteiger partial charge in [0.1, 0.15) is 6.04 Å². The molecule has 1 unspecified atom stereocenters. The Kier molecular flexibility index (Phi) is 6.90. The highest BCUT2D eigenvalue weighted by molar-refractivity contribution is 7.98. The molecule has 0 aliphatic carbocycles.